The lowest BCUT2D eigenvalue weighted by Gasteiger charge is -2.19. The highest BCUT2D eigenvalue weighted by Crippen LogP contribution is 2.07. The van der Waals surface area contributed by atoms with Crippen LogP contribution in [0, 0.1) is 0 Å². The number of nitrogens with zero attached hydrogens (tertiary/aromatic N) is 3. The molecule has 0 atom stereocenters. The van der Waals surface area contributed by atoms with E-state index in [1.807, 2.05) is 11.0 Å². The van der Waals surface area contributed by atoms with Crippen LogP contribution < -0.4 is 5.32 Å². The second-order valence-electron chi connectivity index (χ2n) is 5.41. The molecule has 0 spiro atoms. The van der Waals surface area contributed by atoms with E-state index in [9.17, 15) is 0 Å². The highest BCUT2D eigenvalue weighted by molar-refractivity contribution is 7.07. The van der Waals surface area contributed by atoms with Gasteiger partial charge in [0, 0.05) is 12.1 Å². The van der Waals surface area contributed by atoms with Crippen molar-refractivity contribution < 1.29 is 0 Å². The van der Waals surface area contributed by atoms with Crippen LogP contribution in [-0.4, -0.2) is 20.3 Å². The van der Waals surface area contributed by atoms with Crippen LogP contribution in [0.25, 0.3) is 0 Å². The predicted octanol–water partition coefficient (Wildman–Crippen LogP) is 2.47. The van der Waals surface area contributed by atoms with E-state index in [0.717, 1.165) is 25.3 Å². The van der Waals surface area contributed by atoms with Crippen LogP contribution in [0.2, 0.25) is 0 Å². The second-order valence-corrected chi connectivity index (χ2v) is 6.19. The summed E-state index contributed by atoms with van der Waals surface area (Å²) in [7, 11) is 0. The first-order valence-corrected chi connectivity index (χ1v) is 7.12. The van der Waals surface area contributed by atoms with Crippen molar-refractivity contribution in [3.8, 4) is 0 Å². The van der Waals surface area contributed by atoms with Crippen molar-refractivity contribution >= 4 is 11.3 Å². The average molecular weight is 264 g/mol. The number of rotatable bonds is 5. The molecule has 0 bridgehead atoms. The number of aryl methyl sites for hydroxylation is 2. The Kier molecular flexibility index (Phi) is 4.14. The SMILES string of the molecule is CC(C)(C)NCc1ncn(CCc2ccsc2)n1. The van der Waals surface area contributed by atoms with Gasteiger partial charge in [-0.2, -0.15) is 16.4 Å². The van der Waals surface area contributed by atoms with Gasteiger partial charge in [-0.3, -0.25) is 4.68 Å². The molecule has 0 aliphatic carbocycles. The molecule has 5 heteroatoms. The van der Waals surface area contributed by atoms with Crippen molar-refractivity contribution in [2.75, 3.05) is 0 Å². The topological polar surface area (TPSA) is 42.7 Å². The second kappa shape index (κ2) is 5.63. The summed E-state index contributed by atoms with van der Waals surface area (Å²) < 4.78 is 1.91. The van der Waals surface area contributed by atoms with Crippen molar-refractivity contribution in [1.82, 2.24) is 20.1 Å². The minimum Gasteiger partial charge on any atom is -0.305 e. The van der Waals surface area contributed by atoms with Crippen LogP contribution in [0.4, 0.5) is 0 Å². The van der Waals surface area contributed by atoms with E-state index < -0.39 is 0 Å². The van der Waals surface area contributed by atoms with Gasteiger partial charge in [0.2, 0.25) is 0 Å². The first kappa shape index (κ1) is 13.2. The number of nitrogens with one attached hydrogen (secondary N) is 1. The molecule has 1 N–H and O–H groups in total. The van der Waals surface area contributed by atoms with Crippen molar-refractivity contribution in [2.45, 2.75) is 45.8 Å². The molecular formula is C13H20N4S. The Morgan fingerprint density at radius 2 is 2.22 bits per heavy atom. The van der Waals surface area contributed by atoms with Crippen LogP contribution in [0.1, 0.15) is 32.2 Å². The largest absolute Gasteiger partial charge is 0.305 e. The first-order valence-electron chi connectivity index (χ1n) is 6.17. The lowest BCUT2D eigenvalue weighted by molar-refractivity contribution is 0.416. The third-order valence-corrected chi connectivity index (χ3v) is 3.30. The summed E-state index contributed by atoms with van der Waals surface area (Å²) in [5.41, 5.74) is 1.46. The zero-order valence-corrected chi connectivity index (χ0v) is 12.0. The molecule has 0 aliphatic heterocycles. The van der Waals surface area contributed by atoms with Gasteiger partial charge < -0.3 is 5.32 Å². The fourth-order valence-electron chi connectivity index (χ4n) is 1.54. The van der Waals surface area contributed by atoms with Crippen molar-refractivity contribution in [1.29, 1.82) is 0 Å². The highest BCUT2D eigenvalue weighted by Gasteiger charge is 2.10. The highest BCUT2D eigenvalue weighted by atomic mass is 32.1. The summed E-state index contributed by atoms with van der Waals surface area (Å²) in [6.07, 6.45) is 2.82. The monoisotopic (exact) mass is 264 g/mol. The molecule has 0 unspecified atom stereocenters. The van der Waals surface area contributed by atoms with Crippen molar-refractivity contribution in [2.24, 2.45) is 0 Å². The minimum atomic E-state index is 0.0993. The van der Waals surface area contributed by atoms with Gasteiger partial charge in [-0.05, 0) is 49.6 Å². The molecular weight excluding hydrogens is 244 g/mol. The summed E-state index contributed by atoms with van der Waals surface area (Å²) in [4.78, 5) is 4.31. The summed E-state index contributed by atoms with van der Waals surface area (Å²) in [5, 5.41) is 12.1. The molecule has 2 rings (SSSR count). The van der Waals surface area contributed by atoms with Gasteiger partial charge >= 0.3 is 0 Å². The van der Waals surface area contributed by atoms with E-state index >= 15 is 0 Å². The molecule has 0 radical (unpaired) electrons. The zero-order valence-electron chi connectivity index (χ0n) is 11.2. The number of hydrogen-bond acceptors (Lipinski definition) is 4. The maximum atomic E-state index is 4.46. The van der Waals surface area contributed by atoms with Gasteiger partial charge in [-0.15, -0.1) is 0 Å². The molecule has 4 nitrogen and oxygen atoms in total. The van der Waals surface area contributed by atoms with E-state index in [0.29, 0.717) is 0 Å². The number of thiophene rings is 1. The lowest BCUT2D eigenvalue weighted by Crippen LogP contribution is -2.35. The zero-order chi connectivity index (χ0) is 13.0. The standard InChI is InChI=1S/C13H20N4S/c1-13(2,3)15-8-12-14-10-17(16-12)6-4-11-5-7-18-9-11/h5,7,9-10,15H,4,6,8H2,1-3H3. The molecule has 2 aromatic rings. The van der Waals surface area contributed by atoms with Gasteiger partial charge in [0.15, 0.2) is 5.82 Å². The summed E-state index contributed by atoms with van der Waals surface area (Å²) in [6, 6.07) is 2.16. The van der Waals surface area contributed by atoms with E-state index in [4.69, 9.17) is 0 Å². The van der Waals surface area contributed by atoms with Gasteiger partial charge in [0.25, 0.3) is 0 Å². The third-order valence-electron chi connectivity index (χ3n) is 2.57. The smallest absolute Gasteiger partial charge is 0.164 e. The molecule has 18 heavy (non-hydrogen) atoms. The first-order chi connectivity index (χ1) is 8.53. The Hall–Kier alpha value is -1.20. The van der Waals surface area contributed by atoms with E-state index in [1.54, 1.807) is 11.3 Å². The van der Waals surface area contributed by atoms with Crippen LogP contribution in [0.15, 0.2) is 23.2 Å². The molecule has 0 aliphatic rings. The van der Waals surface area contributed by atoms with Gasteiger partial charge in [0.1, 0.15) is 6.33 Å². The predicted molar refractivity (Wildman–Crippen MR) is 74.6 cm³/mol. The molecule has 0 fully saturated rings. The fourth-order valence-corrected chi connectivity index (χ4v) is 2.25. The summed E-state index contributed by atoms with van der Waals surface area (Å²) >= 11 is 1.74. The van der Waals surface area contributed by atoms with Gasteiger partial charge in [0.05, 0.1) is 6.54 Å². The van der Waals surface area contributed by atoms with E-state index in [-0.39, 0.29) is 5.54 Å². The maximum absolute atomic E-state index is 4.46. The van der Waals surface area contributed by atoms with Crippen LogP contribution >= 0.6 is 11.3 Å². The molecule has 98 valence electrons. The van der Waals surface area contributed by atoms with Crippen LogP contribution in [0.3, 0.4) is 0 Å². The van der Waals surface area contributed by atoms with Crippen molar-refractivity contribution in [3.05, 3.63) is 34.5 Å². The molecule has 0 amide bonds. The molecule has 0 aromatic carbocycles. The molecule has 0 saturated carbocycles. The summed E-state index contributed by atoms with van der Waals surface area (Å²) in [6.45, 7) is 8.02. The maximum Gasteiger partial charge on any atom is 0.164 e. The van der Waals surface area contributed by atoms with Gasteiger partial charge in [-0.1, -0.05) is 0 Å². The van der Waals surface area contributed by atoms with Crippen molar-refractivity contribution in [3.63, 3.8) is 0 Å². The fraction of sp³-hybridized carbons (Fsp3) is 0.538. The average Bonchev–Trinajstić information content (AvgIpc) is 2.94. The van der Waals surface area contributed by atoms with Gasteiger partial charge in [-0.25, -0.2) is 4.98 Å². The van der Waals surface area contributed by atoms with Crippen LogP contribution in [0.5, 0.6) is 0 Å². The Morgan fingerprint density at radius 3 is 2.89 bits per heavy atom. The molecule has 2 heterocycles. The number of aromatic nitrogens is 3. The van der Waals surface area contributed by atoms with E-state index in [2.05, 4.69) is 53.0 Å². The Bertz CT molecular complexity index is 467. The Morgan fingerprint density at radius 1 is 1.39 bits per heavy atom. The van der Waals surface area contributed by atoms with Crippen LogP contribution in [-0.2, 0) is 19.5 Å². The normalized spacial score (nSPS) is 11.9. The number of hydrogen-bond donors (Lipinski definition) is 1. The van der Waals surface area contributed by atoms with E-state index in [1.165, 1.54) is 5.56 Å². The summed E-state index contributed by atoms with van der Waals surface area (Å²) in [5.74, 6) is 0.857. The molecule has 0 saturated heterocycles. The Labute approximate surface area is 112 Å². The lowest BCUT2D eigenvalue weighted by atomic mass is 10.1. The third kappa shape index (κ3) is 4.23. The quantitative estimate of drug-likeness (QED) is 0.902. The Balaban J connectivity index is 1.82. The molecule has 2 aromatic heterocycles. The minimum absolute atomic E-state index is 0.0993.